The highest BCUT2D eigenvalue weighted by Gasteiger charge is 2.31. The van der Waals surface area contributed by atoms with Gasteiger partial charge >= 0.3 is 0 Å². The molecule has 0 fully saturated rings. The minimum Gasteiger partial charge on any atom is -0.508 e. The van der Waals surface area contributed by atoms with Gasteiger partial charge in [0.25, 0.3) is 0 Å². The lowest BCUT2D eigenvalue weighted by atomic mass is 9.98. The number of carbonyl (C=O) groups excluding carboxylic acids is 1. The van der Waals surface area contributed by atoms with Gasteiger partial charge in [0.1, 0.15) is 11.6 Å². The zero-order chi connectivity index (χ0) is 15.7. The van der Waals surface area contributed by atoms with E-state index in [9.17, 15) is 14.3 Å². The van der Waals surface area contributed by atoms with Gasteiger partial charge in [0.05, 0.1) is 11.8 Å². The summed E-state index contributed by atoms with van der Waals surface area (Å²) in [5.41, 5.74) is 2.44. The van der Waals surface area contributed by atoms with E-state index in [4.69, 9.17) is 0 Å². The molecule has 1 amide bonds. The predicted molar refractivity (Wildman–Crippen MR) is 80.9 cm³/mol. The monoisotopic (exact) mass is 298 g/mol. The van der Waals surface area contributed by atoms with Gasteiger partial charge in [-0.2, -0.15) is 5.10 Å². The maximum atomic E-state index is 13.0. The van der Waals surface area contributed by atoms with Crippen LogP contribution in [0, 0.1) is 5.82 Å². The van der Waals surface area contributed by atoms with E-state index in [2.05, 4.69) is 5.10 Å². The molecule has 0 aromatic heterocycles. The first-order valence-corrected chi connectivity index (χ1v) is 6.97. The topological polar surface area (TPSA) is 52.9 Å². The molecule has 22 heavy (non-hydrogen) atoms. The molecule has 5 heteroatoms. The molecule has 1 N–H and O–H groups in total. The van der Waals surface area contributed by atoms with Crippen LogP contribution in [0.2, 0.25) is 0 Å². The Balaban J connectivity index is 1.92. The minimum absolute atomic E-state index is 0.157. The van der Waals surface area contributed by atoms with Crippen LogP contribution in [0.4, 0.5) is 4.39 Å². The van der Waals surface area contributed by atoms with E-state index in [1.807, 2.05) is 0 Å². The number of phenolic OH excluding ortho intramolecular Hbond substituents is 1. The molecule has 4 nitrogen and oxygen atoms in total. The van der Waals surface area contributed by atoms with Gasteiger partial charge in [-0.25, -0.2) is 9.40 Å². The van der Waals surface area contributed by atoms with Crippen molar-refractivity contribution in [2.75, 3.05) is 0 Å². The molecule has 2 aromatic carbocycles. The lowest BCUT2D eigenvalue weighted by Crippen LogP contribution is -2.24. The maximum absolute atomic E-state index is 13.0. The highest BCUT2D eigenvalue weighted by molar-refractivity contribution is 6.03. The zero-order valence-corrected chi connectivity index (χ0v) is 12.0. The molecule has 0 bridgehead atoms. The summed E-state index contributed by atoms with van der Waals surface area (Å²) in [6.45, 7) is 1.46. The number of benzene rings is 2. The first-order valence-electron chi connectivity index (χ1n) is 6.97. The molecule has 0 saturated heterocycles. The van der Waals surface area contributed by atoms with Gasteiger partial charge in [-0.3, -0.25) is 4.79 Å². The van der Waals surface area contributed by atoms with Crippen molar-refractivity contribution in [1.29, 1.82) is 0 Å². The summed E-state index contributed by atoms with van der Waals surface area (Å²) in [7, 11) is 0. The van der Waals surface area contributed by atoms with Crippen molar-refractivity contribution in [3.05, 3.63) is 65.5 Å². The molecule has 2 aromatic rings. The van der Waals surface area contributed by atoms with Crippen molar-refractivity contribution < 1.29 is 14.3 Å². The summed E-state index contributed by atoms with van der Waals surface area (Å²) in [6.07, 6.45) is 0.552. The van der Waals surface area contributed by atoms with Crippen molar-refractivity contribution in [3.8, 4) is 5.75 Å². The van der Waals surface area contributed by atoms with Crippen molar-refractivity contribution in [2.24, 2.45) is 5.10 Å². The van der Waals surface area contributed by atoms with Gasteiger partial charge in [0, 0.05) is 13.3 Å². The molecule has 0 aliphatic carbocycles. The van der Waals surface area contributed by atoms with E-state index >= 15 is 0 Å². The number of hydrogen-bond donors (Lipinski definition) is 1. The van der Waals surface area contributed by atoms with Crippen LogP contribution in [0.3, 0.4) is 0 Å². The average molecular weight is 298 g/mol. The average Bonchev–Trinajstić information content (AvgIpc) is 2.94. The molecular weight excluding hydrogens is 283 g/mol. The Hall–Kier alpha value is -2.69. The Morgan fingerprint density at radius 2 is 1.82 bits per heavy atom. The Morgan fingerprint density at radius 3 is 2.41 bits per heavy atom. The summed E-state index contributed by atoms with van der Waals surface area (Å²) >= 11 is 0. The number of aromatic hydroxyl groups is 1. The predicted octanol–water partition coefficient (Wildman–Crippen LogP) is 3.23. The first-order chi connectivity index (χ1) is 10.5. The number of nitrogens with zero attached hydrogens (tertiary/aromatic N) is 2. The third-order valence-electron chi connectivity index (χ3n) is 3.69. The SMILES string of the molecule is CC(=O)N1N=C(c2ccc(F)cc2)CC1c1ccc(O)cc1. The number of hydrazone groups is 1. The second kappa shape index (κ2) is 5.60. The summed E-state index contributed by atoms with van der Waals surface area (Å²) in [6, 6.07) is 12.6. The summed E-state index contributed by atoms with van der Waals surface area (Å²) < 4.78 is 13.0. The number of phenols is 1. The van der Waals surface area contributed by atoms with E-state index in [1.54, 1.807) is 36.4 Å². The van der Waals surface area contributed by atoms with E-state index < -0.39 is 0 Å². The Bertz CT molecular complexity index is 723. The number of carbonyl (C=O) groups is 1. The van der Waals surface area contributed by atoms with Crippen LogP contribution in [0.1, 0.15) is 30.5 Å². The lowest BCUT2D eigenvalue weighted by molar-refractivity contribution is -0.130. The Kier molecular flexibility index (Phi) is 3.63. The van der Waals surface area contributed by atoms with Crippen molar-refractivity contribution >= 4 is 11.6 Å². The van der Waals surface area contributed by atoms with Crippen molar-refractivity contribution in [3.63, 3.8) is 0 Å². The molecule has 0 radical (unpaired) electrons. The van der Waals surface area contributed by atoms with Gasteiger partial charge in [0.2, 0.25) is 5.91 Å². The van der Waals surface area contributed by atoms with Gasteiger partial charge in [-0.05, 0) is 35.4 Å². The van der Waals surface area contributed by atoms with Gasteiger partial charge in [-0.1, -0.05) is 24.3 Å². The fourth-order valence-electron chi connectivity index (χ4n) is 2.57. The lowest BCUT2D eigenvalue weighted by Gasteiger charge is -2.20. The number of hydrogen-bond acceptors (Lipinski definition) is 3. The highest BCUT2D eigenvalue weighted by Crippen LogP contribution is 2.33. The molecule has 1 atom stereocenters. The second-order valence-corrected chi connectivity index (χ2v) is 5.23. The van der Waals surface area contributed by atoms with Crippen LogP contribution < -0.4 is 0 Å². The Labute approximate surface area is 127 Å². The Morgan fingerprint density at radius 1 is 1.18 bits per heavy atom. The number of rotatable bonds is 2. The van der Waals surface area contributed by atoms with Crippen LogP contribution in [-0.2, 0) is 4.79 Å². The highest BCUT2D eigenvalue weighted by atomic mass is 19.1. The van der Waals surface area contributed by atoms with E-state index in [0.717, 1.165) is 16.8 Å². The molecule has 1 aliphatic heterocycles. The standard InChI is InChI=1S/C17H15FN2O2/c1-11(21)20-17(13-4-8-15(22)9-5-13)10-16(19-20)12-2-6-14(18)7-3-12/h2-9,17,22H,10H2,1H3. The third-order valence-corrected chi connectivity index (χ3v) is 3.69. The van der Waals surface area contributed by atoms with Gasteiger partial charge in [0.15, 0.2) is 0 Å². The minimum atomic E-state index is -0.305. The summed E-state index contributed by atoms with van der Waals surface area (Å²) in [5, 5.41) is 15.2. The van der Waals surface area contributed by atoms with E-state index in [-0.39, 0.29) is 23.5 Å². The van der Waals surface area contributed by atoms with E-state index in [0.29, 0.717) is 6.42 Å². The van der Waals surface area contributed by atoms with Gasteiger partial charge in [-0.15, -0.1) is 0 Å². The largest absolute Gasteiger partial charge is 0.508 e. The normalized spacial score (nSPS) is 17.5. The van der Waals surface area contributed by atoms with Crippen LogP contribution in [-0.4, -0.2) is 21.7 Å². The number of amides is 1. The molecular formula is C17H15FN2O2. The smallest absolute Gasteiger partial charge is 0.240 e. The molecule has 1 heterocycles. The third kappa shape index (κ3) is 2.70. The zero-order valence-electron chi connectivity index (χ0n) is 12.0. The quantitative estimate of drug-likeness (QED) is 0.925. The van der Waals surface area contributed by atoms with Crippen LogP contribution in [0.25, 0.3) is 0 Å². The van der Waals surface area contributed by atoms with Gasteiger partial charge < -0.3 is 5.11 Å². The first kappa shape index (κ1) is 14.3. The molecule has 3 rings (SSSR count). The maximum Gasteiger partial charge on any atom is 0.240 e. The molecule has 1 aliphatic rings. The van der Waals surface area contributed by atoms with Crippen molar-refractivity contribution in [2.45, 2.75) is 19.4 Å². The molecule has 1 unspecified atom stereocenters. The number of halogens is 1. The molecule has 0 saturated carbocycles. The van der Waals surface area contributed by atoms with Crippen LogP contribution >= 0.6 is 0 Å². The second-order valence-electron chi connectivity index (χ2n) is 5.23. The molecule has 112 valence electrons. The summed E-state index contributed by atoms with van der Waals surface area (Å²) in [4.78, 5) is 11.8. The van der Waals surface area contributed by atoms with E-state index in [1.165, 1.54) is 24.1 Å². The van der Waals surface area contributed by atoms with Crippen molar-refractivity contribution in [1.82, 2.24) is 5.01 Å². The van der Waals surface area contributed by atoms with Crippen LogP contribution in [0.15, 0.2) is 53.6 Å². The fraction of sp³-hybridized carbons (Fsp3) is 0.176. The summed E-state index contributed by atoms with van der Waals surface area (Å²) in [5.74, 6) is -0.285. The van der Waals surface area contributed by atoms with Crippen LogP contribution in [0.5, 0.6) is 5.75 Å². The fourth-order valence-corrected chi connectivity index (χ4v) is 2.57. The molecule has 0 spiro atoms.